The Morgan fingerprint density at radius 1 is 0.852 bits per heavy atom. The van der Waals surface area contributed by atoms with E-state index < -0.39 is 0 Å². The molecule has 1 aromatic rings. The molecule has 2 heterocycles. The molecule has 1 saturated carbocycles. The zero-order chi connectivity index (χ0) is 18.8. The SMILES string of the molecule is O=C1c2ccccc2C(=O)N1CN1C(=O)CS/C1=N\N=C1CCCCCC1. The number of thioether (sulfide) groups is 1. The van der Waals surface area contributed by atoms with E-state index in [9.17, 15) is 14.4 Å². The molecule has 4 rings (SSSR count). The molecule has 0 aromatic heterocycles. The number of nitrogens with zero attached hydrogens (tertiary/aromatic N) is 4. The quantitative estimate of drug-likeness (QED) is 0.456. The zero-order valence-electron chi connectivity index (χ0n) is 14.9. The van der Waals surface area contributed by atoms with E-state index in [1.54, 1.807) is 24.3 Å². The summed E-state index contributed by atoms with van der Waals surface area (Å²) in [4.78, 5) is 39.9. The highest BCUT2D eigenvalue weighted by atomic mass is 32.2. The van der Waals surface area contributed by atoms with Gasteiger partial charge in [-0.15, -0.1) is 5.10 Å². The van der Waals surface area contributed by atoms with Crippen LogP contribution in [0.5, 0.6) is 0 Å². The van der Waals surface area contributed by atoms with Crippen LogP contribution in [0.2, 0.25) is 0 Å². The average molecular weight is 384 g/mol. The van der Waals surface area contributed by atoms with Gasteiger partial charge in [0.05, 0.1) is 16.9 Å². The fraction of sp³-hybridized carbons (Fsp3) is 0.421. The number of hydrogen-bond acceptors (Lipinski definition) is 6. The van der Waals surface area contributed by atoms with Gasteiger partial charge in [0.15, 0.2) is 5.17 Å². The van der Waals surface area contributed by atoms with Gasteiger partial charge in [-0.05, 0) is 37.8 Å². The summed E-state index contributed by atoms with van der Waals surface area (Å²) >= 11 is 1.29. The maximum atomic E-state index is 12.5. The van der Waals surface area contributed by atoms with Crippen molar-refractivity contribution in [1.29, 1.82) is 0 Å². The molecule has 0 radical (unpaired) electrons. The lowest BCUT2D eigenvalue weighted by atomic mass is 10.1. The number of amidine groups is 1. The Balaban J connectivity index is 1.53. The largest absolute Gasteiger partial charge is 0.273 e. The summed E-state index contributed by atoms with van der Waals surface area (Å²) in [6.07, 6.45) is 6.55. The lowest BCUT2D eigenvalue weighted by Crippen LogP contribution is -2.43. The summed E-state index contributed by atoms with van der Waals surface area (Å²) in [5, 5.41) is 9.10. The number of carbonyl (C=O) groups excluding carboxylic acids is 3. The van der Waals surface area contributed by atoms with E-state index in [-0.39, 0.29) is 30.1 Å². The van der Waals surface area contributed by atoms with Crippen LogP contribution in [0.25, 0.3) is 0 Å². The van der Waals surface area contributed by atoms with Crippen molar-refractivity contribution in [2.24, 2.45) is 10.2 Å². The summed E-state index contributed by atoms with van der Waals surface area (Å²) < 4.78 is 0. The fourth-order valence-corrected chi connectivity index (χ4v) is 4.29. The van der Waals surface area contributed by atoms with Crippen LogP contribution in [0.4, 0.5) is 0 Å². The molecule has 0 unspecified atom stereocenters. The molecule has 27 heavy (non-hydrogen) atoms. The molecule has 0 spiro atoms. The second-order valence-electron chi connectivity index (χ2n) is 6.80. The molecule has 2 aliphatic heterocycles. The van der Waals surface area contributed by atoms with E-state index in [0.717, 1.165) is 36.3 Å². The van der Waals surface area contributed by atoms with Crippen molar-refractivity contribution in [3.05, 3.63) is 35.4 Å². The van der Waals surface area contributed by atoms with Gasteiger partial charge in [0.2, 0.25) is 5.91 Å². The van der Waals surface area contributed by atoms with E-state index in [0.29, 0.717) is 16.3 Å². The first-order valence-corrected chi connectivity index (χ1v) is 10.2. The van der Waals surface area contributed by atoms with Gasteiger partial charge in [-0.3, -0.25) is 24.2 Å². The van der Waals surface area contributed by atoms with Crippen molar-refractivity contribution in [3.8, 4) is 0 Å². The molecule has 1 aliphatic carbocycles. The van der Waals surface area contributed by atoms with E-state index in [4.69, 9.17) is 0 Å². The predicted octanol–water partition coefficient (Wildman–Crippen LogP) is 2.88. The Morgan fingerprint density at radius 2 is 1.48 bits per heavy atom. The lowest BCUT2D eigenvalue weighted by Gasteiger charge is -2.21. The maximum absolute atomic E-state index is 12.5. The predicted molar refractivity (Wildman–Crippen MR) is 104 cm³/mol. The lowest BCUT2D eigenvalue weighted by molar-refractivity contribution is -0.124. The molecule has 0 N–H and O–H groups in total. The van der Waals surface area contributed by atoms with Gasteiger partial charge in [-0.1, -0.05) is 36.7 Å². The zero-order valence-corrected chi connectivity index (χ0v) is 15.7. The van der Waals surface area contributed by atoms with Crippen molar-refractivity contribution in [2.75, 3.05) is 12.4 Å². The van der Waals surface area contributed by atoms with E-state index in [1.807, 2.05) is 0 Å². The molecule has 8 heteroatoms. The molecular formula is C19H20N4O3S. The molecule has 2 fully saturated rings. The molecule has 140 valence electrons. The first-order valence-electron chi connectivity index (χ1n) is 9.17. The fourth-order valence-electron chi connectivity index (χ4n) is 3.47. The first kappa shape index (κ1) is 17.9. The van der Waals surface area contributed by atoms with Crippen LogP contribution in [-0.2, 0) is 4.79 Å². The molecule has 1 aromatic carbocycles. The molecule has 3 aliphatic rings. The number of benzene rings is 1. The summed E-state index contributed by atoms with van der Waals surface area (Å²) in [5.41, 5.74) is 1.80. The van der Waals surface area contributed by atoms with Crippen LogP contribution >= 0.6 is 11.8 Å². The topological polar surface area (TPSA) is 82.4 Å². The smallest absolute Gasteiger partial charge is 0.263 e. The molecule has 3 amide bonds. The minimum absolute atomic E-state index is 0.123. The van der Waals surface area contributed by atoms with Crippen LogP contribution in [0.3, 0.4) is 0 Å². The van der Waals surface area contributed by atoms with Gasteiger partial charge in [0.1, 0.15) is 6.67 Å². The average Bonchev–Trinajstić information content (AvgIpc) is 3.00. The van der Waals surface area contributed by atoms with Gasteiger partial charge in [-0.2, -0.15) is 5.10 Å². The third-order valence-electron chi connectivity index (χ3n) is 4.98. The standard InChI is InChI=1S/C19H20N4O3S/c24-16-11-27-19(21-20-13-7-3-1-2-4-8-13)22(16)12-23-17(25)14-9-5-6-10-15(14)18(23)26/h5-6,9-10H,1-4,7-8,11-12H2/b21-19-. The van der Waals surface area contributed by atoms with Crippen molar-refractivity contribution in [1.82, 2.24) is 9.80 Å². The maximum Gasteiger partial charge on any atom is 0.263 e. The molecular weight excluding hydrogens is 364 g/mol. The minimum atomic E-state index is -0.380. The monoisotopic (exact) mass is 384 g/mol. The summed E-state index contributed by atoms with van der Waals surface area (Å²) in [7, 11) is 0. The highest BCUT2D eigenvalue weighted by Crippen LogP contribution is 2.26. The number of carbonyl (C=O) groups is 3. The summed E-state index contributed by atoms with van der Waals surface area (Å²) in [5.74, 6) is -0.687. The third kappa shape index (κ3) is 3.53. The Hall–Kier alpha value is -2.48. The van der Waals surface area contributed by atoms with Crippen molar-refractivity contribution < 1.29 is 14.4 Å². The number of fused-ring (bicyclic) bond motifs is 1. The Bertz CT molecular complexity index is 819. The number of hydrogen-bond donors (Lipinski definition) is 0. The highest BCUT2D eigenvalue weighted by Gasteiger charge is 2.39. The molecule has 0 bridgehead atoms. The van der Waals surface area contributed by atoms with Crippen LogP contribution in [0, 0.1) is 0 Å². The highest BCUT2D eigenvalue weighted by molar-refractivity contribution is 8.15. The molecule has 0 atom stereocenters. The first-order chi connectivity index (χ1) is 13.1. The number of imide groups is 1. The number of amides is 3. The Morgan fingerprint density at radius 3 is 2.11 bits per heavy atom. The van der Waals surface area contributed by atoms with E-state index >= 15 is 0 Å². The van der Waals surface area contributed by atoms with Crippen LogP contribution < -0.4 is 0 Å². The van der Waals surface area contributed by atoms with Crippen LogP contribution in [-0.4, -0.2) is 50.8 Å². The molecule has 1 saturated heterocycles. The van der Waals surface area contributed by atoms with Crippen LogP contribution in [0.15, 0.2) is 34.5 Å². The van der Waals surface area contributed by atoms with Gasteiger partial charge in [-0.25, -0.2) is 0 Å². The second-order valence-corrected chi connectivity index (χ2v) is 7.74. The van der Waals surface area contributed by atoms with Crippen molar-refractivity contribution in [3.63, 3.8) is 0 Å². The van der Waals surface area contributed by atoms with Crippen LogP contribution in [0.1, 0.15) is 59.2 Å². The third-order valence-corrected chi connectivity index (χ3v) is 5.93. The van der Waals surface area contributed by atoms with Gasteiger partial charge >= 0.3 is 0 Å². The van der Waals surface area contributed by atoms with E-state index in [2.05, 4.69) is 10.2 Å². The van der Waals surface area contributed by atoms with Crippen molar-refractivity contribution in [2.45, 2.75) is 38.5 Å². The van der Waals surface area contributed by atoms with Gasteiger partial charge < -0.3 is 0 Å². The summed E-state index contributed by atoms with van der Waals surface area (Å²) in [6.45, 7) is -0.123. The van der Waals surface area contributed by atoms with E-state index in [1.165, 1.54) is 29.5 Å². The molecule has 7 nitrogen and oxygen atoms in total. The summed E-state index contributed by atoms with van der Waals surface area (Å²) in [6, 6.07) is 6.70. The normalized spacial score (nSPS) is 21.9. The Labute approximate surface area is 161 Å². The second kappa shape index (κ2) is 7.64. The minimum Gasteiger partial charge on any atom is -0.273 e. The van der Waals surface area contributed by atoms with Gasteiger partial charge in [0.25, 0.3) is 11.8 Å². The van der Waals surface area contributed by atoms with Gasteiger partial charge in [0, 0.05) is 5.71 Å². The Kier molecular flexibility index (Phi) is 5.07. The van der Waals surface area contributed by atoms with Crippen molar-refractivity contribution >= 4 is 40.4 Å². The number of rotatable bonds is 3.